The van der Waals surface area contributed by atoms with Crippen LogP contribution in [0.5, 0.6) is 5.88 Å². The van der Waals surface area contributed by atoms with Crippen LogP contribution in [0.25, 0.3) is 0 Å². The summed E-state index contributed by atoms with van der Waals surface area (Å²) in [4.78, 5) is 23.6. The first-order valence-electron chi connectivity index (χ1n) is 8.74. The fourth-order valence-corrected chi connectivity index (χ4v) is 2.97. The van der Waals surface area contributed by atoms with E-state index in [1.165, 1.54) is 6.07 Å². The number of nitrogens with zero attached hydrogens (tertiary/aromatic N) is 3. The molecule has 0 unspecified atom stereocenters. The van der Waals surface area contributed by atoms with Crippen LogP contribution >= 0.6 is 0 Å². The third kappa shape index (κ3) is 4.42. The third-order valence-electron chi connectivity index (χ3n) is 4.38. The Hall–Kier alpha value is -3.44. The van der Waals surface area contributed by atoms with Gasteiger partial charge in [0.2, 0.25) is 12.7 Å². The normalized spacial score (nSPS) is 18.9. The summed E-state index contributed by atoms with van der Waals surface area (Å²) in [5, 5.41) is 2.42. The van der Waals surface area contributed by atoms with Gasteiger partial charge in [0.05, 0.1) is 19.0 Å². The lowest BCUT2D eigenvalue weighted by atomic mass is 9.85. The summed E-state index contributed by atoms with van der Waals surface area (Å²) in [6, 6.07) is 2.74. The van der Waals surface area contributed by atoms with Crippen molar-refractivity contribution in [2.45, 2.75) is 24.8 Å². The van der Waals surface area contributed by atoms with Crippen molar-refractivity contribution in [3.63, 3.8) is 0 Å². The SMILES string of the molecule is NC1=N[C@@](c2cc(NC(=O)c3cnc(OCF)cn3)ccc2F)(C(F)F)CCCO1. The first-order chi connectivity index (χ1) is 14.4. The number of aliphatic imine (C=N–C) groups is 1. The Morgan fingerprint density at radius 1 is 1.33 bits per heavy atom. The molecular weight excluding hydrogens is 410 g/mol. The topological polar surface area (TPSA) is 112 Å². The molecule has 1 aromatic heterocycles. The van der Waals surface area contributed by atoms with Gasteiger partial charge < -0.3 is 20.5 Å². The number of nitrogens with two attached hydrogens (primary N) is 1. The van der Waals surface area contributed by atoms with E-state index in [-0.39, 0.29) is 36.7 Å². The Bertz CT molecular complexity index is 942. The molecule has 0 spiro atoms. The Labute approximate surface area is 168 Å². The molecule has 30 heavy (non-hydrogen) atoms. The van der Waals surface area contributed by atoms with Crippen molar-refractivity contribution in [2.75, 3.05) is 18.8 Å². The van der Waals surface area contributed by atoms with Gasteiger partial charge >= 0.3 is 0 Å². The predicted molar refractivity (Wildman–Crippen MR) is 97.5 cm³/mol. The van der Waals surface area contributed by atoms with Crippen LogP contribution in [-0.2, 0) is 10.3 Å². The molecule has 12 heteroatoms. The zero-order chi connectivity index (χ0) is 21.7. The molecule has 0 aliphatic carbocycles. The average Bonchev–Trinajstić information content (AvgIpc) is 2.92. The van der Waals surface area contributed by atoms with E-state index in [4.69, 9.17) is 10.5 Å². The molecule has 2 aromatic rings. The third-order valence-corrected chi connectivity index (χ3v) is 4.38. The second-order valence-corrected chi connectivity index (χ2v) is 6.27. The summed E-state index contributed by atoms with van der Waals surface area (Å²) >= 11 is 0. The van der Waals surface area contributed by atoms with Crippen molar-refractivity contribution in [1.82, 2.24) is 9.97 Å². The van der Waals surface area contributed by atoms with Crippen LogP contribution in [0.15, 0.2) is 35.6 Å². The molecule has 1 aliphatic heterocycles. The number of hydrogen-bond acceptors (Lipinski definition) is 7. The van der Waals surface area contributed by atoms with Crippen molar-refractivity contribution in [2.24, 2.45) is 10.7 Å². The fraction of sp³-hybridized carbons (Fsp3) is 0.333. The van der Waals surface area contributed by atoms with Crippen molar-refractivity contribution < 1.29 is 31.8 Å². The van der Waals surface area contributed by atoms with Crippen molar-refractivity contribution in [3.8, 4) is 5.88 Å². The predicted octanol–water partition coefficient (Wildman–Crippen LogP) is 2.76. The highest BCUT2D eigenvalue weighted by Crippen LogP contribution is 2.41. The van der Waals surface area contributed by atoms with Gasteiger partial charge in [0.25, 0.3) is 18.4 Å². The van der Waals surface area contributed by atoms with Crippen molar-refractivity contribution in [1.29, 1.82) is 0 Å². The van der Waals surface area contributed by atoms with Gasteiger partial charge in [-0.05, 0) is 31.0 Å². The van der Waals surface area contributed by atoms with Gasteiger partial charge in [-0.2, -0.15) is 0 Å². The Morgan fingerprint density at radius 3 is 2.80 bits per heavy atom. The largest absolute Gasteiger partial charge is 0.465 e. The molecule has 0 saturated heterocycles. The summed E-state index contributed by atoms with van der Waals surface area (Å²) < 4.78 is 64.2. The maximum absolute atomic E-state index is 14.5. The number of benzene rings is 1. The number of aromatic nitrogens is 2. The number of alkyl halides is 3. The second-order valence-electron chi connectivity index (χ2n) is 6.27. The van der Waals surface area contributed by atoms with Crippen LogP contribution in [0.2, 0.25) is 0 Å². The quantitative estimate of drug-likeness (QED) is 0.686. The first kappa shape index (κ1) is 21.3. The average molecular weight is 427 g/mol. The summed E-state index contributed by atoms with van der Waals surface area (Å²) in [6.07, 6.45) is -1.03. The van der Waals surface area contributed by atoms with Gasteiger partial charge in [-0.3, -0.25) is 4.79 Å². The van der Waals surface area contributed by atoms with Crippen LogP contribution in [0, 0.1) is 5.82 Å². The number of ether oxygens (including phenoxy) is 2. The van der Waals surface area contributed by atoms with E-state index in [1.807, 2.05) is 0 Å². The fourth-order valence-electron chi connectivity index (χ4n) is 2.97. The number of hydrogen-bond donors (Lipinski definition) is 2. The first-order valence-corrected chi connectivity index (χ1v) is 8.74. The van der Waals surface area contributed by atoms with Gasteiger partial charge in [-0.25, -0.2) is 32.5 Å². The molecule has 8 nitrogen and oxygen atoms in total. The maximum atomic E-state index is 14.5. The molecule has 0 radical (unpaired) electrons. The van der Waals surface area contributed by atoms with Crippen LogP contribution < -0.4 is 15.8 Å². The number of rotatable bonds is 6. The van der Waals surface area contributed by atoms with E-state index >= 15 is 0 Å². The lowest BCUT2D eigenvalue weighted by Crippen LogP contribution is -2.35. The number of carbonyl (C=O) groups excluding carboxylic acids is 1. The molecule has 0 fully saturated rings. The van der Waals surface area contributed by atoms with Gasteiger partial charge in [0, 0.05) is 11.3 Å². The van der Waals surface area contributed by atoms with Crippen molar-refractivity contribution >= 4 is 17.6 Å². The second kappa shape index (κ2) is 8.93. The summed E-state index contributed by atoms with van der Waals surface area (Å²) in [5.41, 5.74) is 2.71. The smallest absolute Gasteiger partial charge is 0.283 e. The van der Waals surface area contributed by atoms with Crippen LogP contribution in [0.4, 0.5) is 23.2 Å². The molecule has 1 atom stereocenters. The number of amides is 1. The zero-order valence-corrected chi connectivity index (χ0v) is 15.4. The molecule has 3 rings (SSSR count). The summed E-state index contributed by atoms with van der Waals surface area (Å²) in [6.45, 7) is -1.04. The van der Waals surface area contributed by atoms with Gasteiger partial charge in [-0.15, -0.1) is 0 Å². The monoisotopic (exact) mass is 427 g/mol. The maximum Gasteiger partial charge on any atom is 0.283 e. The number of halogens is 4. The van der Waals surface area contributed by atoms with E-state index in [0.717, 1.165) is 24.5 Å². The molecule has 0 bridgehead atoms. The van der Waals surface area contributed by atoms with Gasteiger partial charge in [-0.1, -0.05) is 0 Å². The molecule has 3 N–H and O–H groups in total. The number of nitrogens with one attached hydrogen (secondary N) is 1. The summed E-state index contributed by atoms with van der Waals surface area (Å²) in [5.74, 6) is -1.80. The van der Waals surface area contributed by atoms with E-state index in [9.17, 15) is 22.4 Å². The molecule has 160 valence electrons. The lowest BCUT2D eigenvalue weighted by molar-refractivity contribution is 0.0460. The number of anilines is 1. The van der Waals surface area contributed by atoms with Crippen LogP contribution in [0.1, 0.15) is 28.9 Å². The van der Waals surface area contributed by atoms with E-state index < -0.39 is 42.1 Å². The number of carbonyl (C=O) groups is 1. The summed E-state index contributed by atoms with van der Waals surface area (Å²) in [7, 11) is 0. The molecule has 0 saturated carbocycles. The number of amidine groups is 1. The minimum atomic E-state index is -3.08. The highest BCUT2D eigenvalue weighted by molar-refractivity contribution is 6.02. The van der Waals surface area contributed by atoms with E-state index in [1.54, 1.807) is 0 Å². The Morgan fingerprint density at radius 2 is 2.13 bits per heavy atom. The standard InChI is InChI=1S/C18H17F4N5O3/c19-9-30-14-8-24-13(7-25-14)15(28)26-10-2-3-12(20)11(6-10)18(16(21)22)4-1-5-29-17(23)27-18/h2-3,6-8,16H,1,4-5,9H2,(H2,23,27)(H,26,28)/t18-/m0/s1. The minimum Gasteiger partial charge on any atom is -0.465 e. The highest BCUT2D eigenvalue weighted by atomic mass is 19.3. The van der Waals surface area contributed by atoms with Gasteiger partial charge in [0.15, 0.2) is 5.54 Å². The molecule has 1 aromatic carbocycles. The molecule has 1 aliphatic rings. The molecular formula is C18H17F4N5O3. The lowest BCUT2D eigenvalue weighted by Gasteiger charge is -2.29. The van der Waals surface area contributed by atoms with Crippen molar-refractivity contribution in [3.05, 3.63) is 47.7 Å². The van der Waals surface area contributed by atoms with Crippen LogP contribution in [0.3, 0.4) is 0 Å². The zero-order valence-electron chi connectivity index (χ0n) is 15.4. The van der Waals surface area contributed by atoms with Crippen LogP contribution in [-0.4, -0.2) is 41.8 Å². The van der Waals surface area contributed by atoms with E-state index in [0.29, 0.717) is 0 Å². The Balaban J connectivity index is 1.90. The highest BCUT2D eigenvalue weighted by Gasteiger charge is 2.45. The Kier molecular flexibility index (Phi) is 6.33. The van der Waals surface area contributed by atoms with Gasteiger partial charge in [0.1, 0.15) is 11.5 Å². The molecule has 1 amide bonds. The van der Waals surface area contributed by atoms with E-state index in [2.05, 4.69) is 25.0 Å². The molecule has 2 heterocycles. The minimum absolute atomic E-state index is 0.0289.